The number of aryl methyl sites for hydroxylation is 1. The second-order valence-electron chi connectivity index (χ2n) is 3.65. The third kappa shape index (κ3) is 2.49. The molecule has 0 aromatic carbocycles. The van der Waals surface area contributed by atoms with Gasteiger partial charge in [-0.1, -0.05) is 0 Å². The van der Waals surface area contributed by atoms with Gasteiger partial charge in [-0.15, -0.1) is 11.3 Å². The quantitative estimate of drug-likeness (QED) is 0.854. The molecule has 0 aliphatic heterocycles. The zero-order valence-corrected chi connectivity index (χ0v) is 9.80. The summed E-state index contributed by atoms with van der Waals surface area (Å²) in [7, 11) is 0. The van der Waals surface area contributed by atoms with E-state index in [1.165, 1.54) is 10.4 Å². The van der Waals surface area contributed by atoms with E-state index in [0.717, 1.165) is 12.3 Å². The zero-order chi connectivity index (χ0) is 10.7. The van der Waals surface area contributed by atoms with Gasteiger partial charge in [-0.05, 0) is 43.0 Å². The van der Waals surface area contributed by atoms with Gasteiger partial charge in [0.1, 0.15) is 5.76 Å². The standard InChI is InChI=1S/C12H15NOS/c1-9-5-7-15-12(9)10(2)13-8-11-4-3-6-14-11/h3-7,10,13H,8H2,1-2H3/t10-/m0/s1. The Balaban J connectivity index is 1.93. The Morgan fingerprint density at radius 2 is 2.33 bits per heavy atom. The minimum atomic E-state index is 0.384. The molecule has 0 spiro atoms. The van der Waals surface area contributed by atoms with Gasteiger partial charge in [0.05, 0.1) is 12.8 Å². The number of thiophene rings is 1. The Labute approximate surface area is 93.9 Å². The lowest BCUT2D eigenvalue weighted by molar-refractivity contribution is 0.462. The predicted molar refractivity (Wildman–Crippen MR) is 63.0 cm³/mol. The van der Waals surface area contributed by atoms with Gasteiger partial charge in [0.2, 0.25) is 0 Å². The van der Waals surface area contributed by atoms with Crippen molar-refractivity contribution in [1.82, 2.24) is 5.32 Å². The highest BCUT2D eigenvalue weighted by molar-refractivity contribution is 7.10. The van der Waals surface area contributed by atoms with Crippen LogP contribution in [-0.2, 0) is 6.54 Å². The number of hydrogen-bond donors (Lipinski definition) is 1. The number of nitrogens with one attached hydrogen (secondary N) is 1. The maximum Gasteiger partial charge on any atom is 0.117 e. The van der Waals surface area contributed by atoms with Crippen molar-refractivity contribution in [2.45, 2.75) is 26.4 Å². The van der Waals surface area contributed by atoms with Crippen molar-refractivity contribution < 1.29 is 4.42 Å². The minimum absolute atomic E-state index is 0.384. The molecule has 0 aliphatic rings. The fourth-order valence-corrected chi connectivity index (χ4v) is 2.55. The molecule has 15 heavy (non-hydrogen) atoms. The van der Waals surface area contributed by atoms with E-state index >= 15 is 0 Å². The molecule has 1 N–H and O–H groups in total. The molecule has 0 radical (unpaired) electrons. The number of furan rings is 1. The van der Waals surface area contributed by atoms with Crippen LogP contribution in [0.15, 0.2) is 34.3 Å². The van der Waals surface area contributed by atoms with Crippen LogP contribution in [0, 0.1) is 6.92 Å². The summed E-state index contributed by atoms with van der Waals surface area (Å²) in [5.41, 5.74) is 1.36. The van der Waals surface area contributed by atoms with Gasteiger partial charge in [0.25, 0.3) is 0 Å². The lowest BCUT2D eigenvalue weighted by atomic mass is 10.2. The maximum atomic E-state index is 5.27. The second-order valence-corrected chi connectivity index (χ2v) is 4.60. The Hall–Kier alpha value is -1.06. The van der Waals surface area contributed by atoms with Crippen LogP contribution in [0.5, 0.6) is 0 Å². The van der Waals surface area contributed by atoms with Gasteiger partial charge in [-0.3, -0.25) is 0 Å². The first-order chi connectivity index (χ1) is 7.27. The molecular weight excluding hydrogens is 206 g/mol. The highest BCUT2D eigenvalue weighted by atomic mass is 32.1. The molecule has 0 aliphatic carbocycles. The molecule has 0 saturated carbocycles. The smallest absolute Gasteiger partial charge is 0.117 e. The van der Waals surface area contributed by atoms with Crippen molar-refractivity contribution in [3.63, 3.8) is 0 Å². The minimum Gasteiger partial charge on any atom is -0.468 e. The summed E-state index contributed by atoms with van der Waals surface area (Å²) < 4.78 is 5.27. The summed E-state index contributed by atoms with van der Waals surface area (Å²) in [6.45, 7) is 5.12. The third-order valence-corrected chi connectivity index (χ3v) is 3.66. The van der Waals surface area contributed by atoms with Crippen LogP contribution < -0.4 is 5.32 Å². The normalized spacial score (nSPS) is 12.9. The summed E-state index contributed by atoms with van der Waals surface area (Å²) in [6, 6.07) is 6.44. The topological polar surface area (TPSA) is 25.2 Å². The molecule has 80 valence electrons. The summed E-state index contributed by atoms with van der Waals surface area (Å²) >= 11 is 1.80. The maximum absolute atomic E-state index is 5.27. The highest BCUT2D eigenvalue weighted by Crippen LogP contribution is 2.23. The van der Waals surface area contributed by atoms with E-state index in [2.05, 4.69) is 30.6 Å². The van der Waals surface area contributed by atoms with Crippen molar-refractivity contribution >= 4 is 11.3 Å². The van der Waals surface area contributed by atoms with Gasteiger partial charge in [0, 0.05) is 10.9 Å². The van der Waals surface area contributed by atoms with E-state index < -0.39 is 0 Å². The highest BCUT2D eigenvalue weighted by Gasteiger charge is 2.09. The Morgan fingerprint density at radius 1 is 1.47 bits per heavy atom. The molecule has 2 aromatic rings. The molecule has 2 rings (SSSR count). The predicted octanol–water partition coefficient (Wildman–Crippen LogP) is 3.50. The van der Waals surface area contributed by atoms with E-state index in [9.17, 15) is 0 Å². The van der Waals surface area contributed by atoms with E-state index in [0.29, 0.717) is 6.04 Å². The fourth-order valence-electron chi connectivity index (χ4n) is 1.59. The van der Waals surface area contributed by atoms with Crippen LogP contribution in [0.25, 0.3) is 0 Å². The van der Waals surface area contributed by atoms with Crippen LogP contribution in [-0.4, -0.2) is 0 Å². The Kier molecular flexibility index (Phi) is 3.23. The van der Waals surface area contributed by atoms with Crippen LogP contribution in [0.2, 0.25) is 0 Å². The Bertz CT molecular complexity index is 405. The van der Waals surface area contributed by atoms with Crippen molar-refractivity contribution in [1.29, 1.82) is 0 Å². The molecule has 0 saturated heterocycles. The van der Waals surface area contributed by atoms with Gasteiger partial charge in [-0.2, -0.15) is 0 Å². The molecule has 0 amide bonds. The fraction of sp³-hybridized carbons (Fsp3) is 0.333. The number of rotatable bonds is 4. The molecule has 3 heteroatoms. The van der Waals surface area contributed by atoms with Crippen molar-refractivity contribution in [2.75, 3.05) is 0 Å². The molecule has 2 heterocycles. The van der Waals surface area contributed by atoms with Crippen molar-refractivity contribution in [3.8, 4) is 0 Å². The van der Waals surface area contributed by atoms with Crippen LogP contribution >= 0.6 is 11.3 Å². The molecule has 0 bridgehead atoms. The first-order valence-corrected chi connectivity index (χ1v) is 5.95. The van der Waals surface area contributed by atoms with Gasteiger partial charge in [-0.25, -0.2) is 0 Å². The van der Waals surface area contributed by atoms with E-state index in [1.807, 2.05) is 12.1 Å². The van der Waals surface area contributed by atoms with E-state index in [1.54, 1.807) is 17.6 Å². The lowest BCUT2D eigenvalue weighted by Crippen LogP contribution is -2.17. The molecule has 2 aromatic heterocycles. The van der Waals surface area contributed by atoms with Gasteiger partial charge >= 0.3 is 0 Å². The Morgan fingerprint density at radius 3 is 2.93 bits per heavy atom. The van der Waals surface area contributed by atoms with Crippen LogP contribution in [0.1, 0.15) is 29.2 Å². The summed E-state index contributed by atoms with van der Waals surface area (Å²) in [5.74, 6) is 0.982. The van der Waals surface area contributed by atoms with Gasteiger partial charge < -0.3 is 9.73 Å². The SMILES string of the molecule is Cc1ccsc1[C@H](C)NCc1ccco1. The van der Waals surface area contributed by atoms with Crippen LogP contribution in [0.3, 0.4) is 0 Å². The monoisotopic (exact) mass is 221 g/mol. The summed E-state index contributed by atoms with van der Waals surface area (Å²) in [6.07, 6.45) is 1.71. The molecular formula is C12H15NOS. The third-order valence-electron chi connectivity index (χ3n) is 2.46. The average Bonchev–Trinajstić information content (AvgIpc) is 2.84. The largest absolute Gasteiger partial charge is 0.468 e. The molecule has 0 fully saturated rings. The summed E-state index contributed by atoms with van der Waals surface area (Å²) in [4.78, 5) is 1.40. The van der Waals surface area contributed by atoms with E-state index in [4.69, 9.17) is 4.42 Å². The van der Waals surface area contributed by atoms with Crippen molar-refractivity contribution in [3.05, 3.63) is 46.0 Å². The lowest BCUT2D eigenvalue weighted by Gasteiger charge is -2.12. The summed E-state index contributed by atoms with van der Waals surface area (Å²) in [5, 5.41) is 5.58. The molecule has 1 atom stereocenters. The number of hydrogen-bond acceptors (Lipinski definition) is 3. The first kappa shape index (κ1) is 10.5. The molecule has 2 nitrogen and oxygen atoms in total. The van der Waals surface area contributed by atoms with E-state index in [-0.39, 0.29) is 0 Å². The van der Waals surface area contributed by atoms with Crippen molar-refractivity contribution in [2.24, 2.45) is 0 Å². The van der Waals surface area contributed by atoms with Crippen LogP contribution in [0.4, 0.5) is 0 Å². The zero-order valence-electron chi connectivity index (χ0n) is 8.99. The first-order valence-electron chi connectivity index (χ1n) is 5.07. The molecule has 0 unspecified atom stereocenters. The average molecular weight is 221 g/mol. The second kappa shape index (κ2) is 4.64. The van der Waals surface area contributed by atoms with Gasteiger partial charge in [0.15, 0.2) is 0 Å².